The lowest BCUT2D eigenvalue weighted by molar-refractivity contribution is -0.275. The maximum Gasteiger partial charge on any atom is 0.573 e. The van der Waals surface area contributed by atoms with Crippen molar-refractivity contribution < 1.29 is 22.6 Å². The smallest absolute Gasteiger partial charge is 0.488 e. The zero-order valence-corrected chi connectivity index (χ0v) is 9.67. The molecular formula is C12H14F3NO2. The van der Waals surface area contributed by atoms with E-state index in [9.17, 15) is 13.2 Å². The fraction of sp³-hybridized carbons (Fsp3) is 0.333. The standard InChI is InChI=1S/C12H14F3NO2/c1-2-7-16-8-9-17-10-5-3-4-6-11(10)18-12(13,14)15/h2-6,16H,1,7-9H2. The van der Waals surface area contributed by atoms with Crippen molar-refractivity contribution in [1.29, 1.82) is 0 Å². The first-order valence-electron chi connectivity index (χ1n) is 5.32. The molecule has 6 heteroatoms. The summed E-state index contributed by atoms with van der Waals surface area (Å²) in [7, 11) is 0. The quantitative estimate of drug-likeness (QED) is 0.604. The Balaban J connectivity index is 2.51. The van der Waals surface area contributed by atoms with Crippen LogP contribution in [0.5, 0.6) is 11.5 Å². The van der Waals surface area contributed by atoms with Gasteiger partial charge in [0.1, 0.15) is 6.61 Å². The van der Waals surface area contributed by atoms with Crippen molar-refractivity contribution >= 4 is 0 Å². The van der Waals surface area contributed by atoms with Crippen molar-refractivity contribution in [2.75, 3.05) is 19.7 Å². The fourth-order valence-corrected chi connectivity index (χ4v) is 1.22. The highest BCUT2D eigenvalue weighted by molar-refractivity contribution is 5.39. The van der Waals surface area contributed by atoms with E-state index in [2.05, 4.69) is 16.6 Å². The van der Waals surface area contributed by atoms with Crippen molar-refractivity contribution in [3.8, 4) is 11.5 Å². The molecule has 0 aromatic heterocycles. The minimum atomic E-state index is -4.72. The maximum atomic E-state index is 12.1. The topological polar surface area (TPSA) is 30.5 Å². The third-order valence-corrected chi connectivity index (χ3v) is 1.90. The molecule has 0 bridgehead atoms. The predicted octanol–water partition coefficient (Wildman–Crippen LogP) is 2.74. The molecule has 18 heavy (non-hydrogen) atoms. The van der Waals surface area contributed by atoms with Gasteiger partial charge >= 0.3 is 6.36 Å². The van der Waals surface area contributed by atoms with Crippen LogP contribution in [0, 0.1) is 0 Å². The summed E-state index contributed by atoms with van der Waals surface area (Å²) in [6.45, 7) is 4.89. The molecule has 0 spiro atoms. The molecule has 0 aliphatic carbocycles. The Labute approximate surface area is 103 Å². The highest BCUT2D eigenvalue weighted by Crippen LogP contribution is 2.31. The van der Waals surface area contributed by atoms with Crippen LogP contribution in [0.2, 0.25) is 0 Å². The van der Waals surface area contributed by atoms with Gasteiger partial charge in [0, 0.05) is 13.1 Å². The van der Waals surface area contributed by atoms with Crippen LogP contribution in [-0.2, 0) is 0 Å². The zero-order valence-electron chi connectivity index (χ0n) is 9.67. The summed E-state index contributed by atoms with van der Waals surface area (Å²) in [4.78, 5) is 0. The highest BCUT2D eigenvalue weighted by Gasteiger charge is 2.32. The van der Waals surface area contributed by atoms with Gasteiger partial charge in [0.25, 0.3) is 0 Å². The number of rotatable bonds is 7. The first-order valence-corrected chi connectivity index (χ1v) is 5.32. The highest BCUT2D eigenvalue weighted by atomic mass is 19.4. The SMILES string of the molecule is C=CCNCCOc1ccccc1OC(F)(F)F. The Kier molecular flexibility index (Phi) is 5.51. The summed E-state index contributed by atoms with van der Waals surface area (Å²) in [6, 6.07) is 5.66. The minimum absolute atomic E-state index is 0.0650. The van der Waals surface area contributed by atoms with E-state index in [1.165, 1.54) is 18.2 Å². The van der Waals surface area contributed by atoms with Crippen LogP contribution in [0.3, 0.4) is 0 Å². The molecule has 0 fully saturated rings. The average molecular weight is 261 g/mol. The molecule has 0 saturated heterocycles. The van der Waals surface area contributed by atoms with Gasteiger partial charge in [0.2, 0.25) is 0 Å². The summed E-state index contributed by atoms with van der Waals surface area (Å²) in [5, 5.41) is 2.97. The van der Waals surface area contributed by atoms with Gasteiger partial charge in [-0.1, -0.05) is 18.2 Å². The first-order chi connectivity index (χ1) is 8.53. The van der Waals surface area contributed by atoms with E-state index < -0.39 is 6.36 Å². The van der Waals surface area contributed by atoms with Crippen molar-refractivity contribution in [2.45, 2.75) is 6.36 Å². The maximum absolute atomic E-state index is 12.1. The second kappa shape index (κ2) is 6.90. The van der Waals surface area contributed by atoms with Crippen LogP contribution >= 0.6 is 0 Å². The van der Waals surface area contributed by atoms with Crippen molar-refractivity contribution in [3.63, 3.8) is 0 Å². The van der Waals surface area contributed by atoms with E-state index in [0.717, 1.165) is 0 Å². The predicted molar refractivity (Wildman–Crippen MR) is 61.7 cm³/mol. The lowest BCUT2D eigenvalue weighted by Gasteiger charge is -2.13. The molecule has 3 nitrogen and oxygen atoms in total. The summed E-state index contributed by atoms with van der Waals surface area (Å²) in [6.07, 6.45) is -3.04. The molecule has 0 unspecified atom stereocenters. The number of hydrogen-bond acceptors (Lipinski definition) is 3. The van der Waals surface area contributed by atoms with Crippen molar-refractivity contribution in [1.82, 2.24) is 5.32 Å². The molecule has 0 heterocycles. The third-order valence-electron chi connectivity index (χ3n) is 1.90. The van der Waals surface area contributed by atoms with Gasteiger partial charge < -0.3 is 14.8 Å². The number of halogens is 3. The monoisotopic (exact) mass is 261 g/mol. The Morgan fingerprint density at radius 3 is 2.50 bits per heavy atom. The van der Waals surface area contributed by atoms with Gasteiger partial charge in [0.15, 0.2) is 11.5 Å². The number of ether oxygens (including phenoxy) is 2. The largest absolute Gasteiger partial charge is 0.573 e. The van der Waals surface area contributed by atoms with E-state index >= 15 is 0 Å². The van der Waals surface area contributed by atoms with Gasteiger partial charge in [-0.05, 0) is 12.1 Å². The summed E-state index contributed by atoms with van der Waals surface area (Å²) in [5.41, 5.74) is 0. The van der Waals surface area contributed by atoms with Crippen molar-refractivity contribution in [3.05, 3.63) is 36.9 Å². The summed E-state index contributed by atoms with van der Waals surface area (Å²) in [5.74, 6) is -0.274. The molecule has 1 N–H and O–H groups in total. The van der Waals surface area contributed by atoms with Crippen LogP contribution in [-0.4, -0.2) is 26.1 Å². The molecule has 0 aliphatic heterocycles. The Bertz CT molecular complexity index is 380. The van der Waals surface area contributed by atoms with E-state index in [1.807, 2.05) is 0 Å². The Morgan fingerprint density at radius 2 is 1.89 bits per heavy atom. The van der Waals surface area contributed by atoms with Crippen LogP contribution in [0.15, 0.2) is 36.9 Å². The van der Waals surface area contributed by atoms with Gasteiger partial charge in [-0.2, -0.15) is 0 Å². The van der Waals surface area contributed by atoms with Gasteiger partial charge in [-0.3, -0.25) is 0 Å². The first kappa shape index (κ1) is 14.4. The Morgan fingerprint density at radius 1 is 1.22 bits per heavy atom. The number of benzene rings is 1. The lowest BCUT2D eigenvalue weighted by atomic mass is 10.3. The second-order valence-electron chi connectivity index (χ2n) is 3.34. The number of nitrogens with one attached hydrogen (secondary N) is 1. The van der Waals surface area contributed by atoms with E-state index in [0.29, 0.717) is 13.1 Å². The third kappa shape index (κ3) is 5.58. The summed E-state index contributed by atoms with van der Waals surface area (Å²) >= 11 is 0. The zero-order chi connectivity index (χ0) is 13.4. The van der Waals surface area contributed by atoms with Crippen LogP contribution in [0.1, 0.15) is 0 Å². The van der Waals surface area contributed by atoms with Crippen LogP contribution in [0.4, 0.5) is 13.2 Å². The van der Waals surface area contributed by atoms with E-state index in [1.54, 1.807) is 12.1 Å². The molecule has 100 valence electrons. The lowest BCUT2D eigenvalue weighted by Crippen LogP contribution is -2.21. The van der Waals surface area contributed by atoms with Gasteiger partial charge in [-0.25, -0.2) is 0 Å². The van der Waals surface area contributed by atoms with E-state index in [4.69, 9.17) is 4.74 Å². The molecule has 0 amide bonds. The normalized spacial score (nSPS) is 11.1. The number of hydrogen-bond donors (Lipinski definition) is 1. The van der Waals surface area contributed by atoms with Crippen molar-refractivity contribution in [2.24, 2.45) is 0 Å². The molecule has 0 atom stereocenters. The Hall–Kier alpha value is -1.69. The number of para-hydroxylation sites is 2. The molecule has 1 rings (SSSR count). The fourth-order valence-electron chi connectivity index (χ4n) is 1.22. The van der Waals surface area contributed by atoms with Gasteiger partial charge in [0.05, 0.1) is 0 Å². The average Bonchev–Trinajstić information content (AvgIpc) is 2.29. The molecule has 0 aliphatic rings. The van der Waals surface area contributed by atoms with Crippen LogP contribution in [0.25, 0.3) is 0 Å². The minimum Gasteiger partial charge on any atom is -0.488 e. The van der Waals surface area contributed by atoms with Crippen LogP contribution < -0.4 is 14.8 Å². The van der Waals surface area contributed by atoms with Gasteiger partial charge in [-0.15, -0.1) is 19.8 Å². The van der Waals surface area contributed by atoms with E-state index in [-0.39, 0.29) is 18.1 Å². The molecular weight excluding hydrogens is 247 g/mol. The summed E-state index contributed by atoms with van der Waals surface area (Å²) < 4.78 is 45.4. The molecule has 1 aromatic carbocycles. The molecule has 0 saturated carbocycles. The number of alkyl halides is 3. The second-order valence-corrected chi connectivity index (χ2v) is 3.34. The molecule has 0 radical (unpaired) electrons. The molecule has 1 aromatic rings.